The van der Waals surface area contributed by atoms with Gasteiger partial charge < -0.3 is 20.1 Å². The number of amides is 1. The Morgan fingerprint density at radius 1 is 1.22 bits per heavy atom. The molecule has 0 unspecified atom stereocenters. The van der Waals surface area contributed by atoms with Gasteiger partial charge in [-0.1, -0.05) is 35.5 Å². The second kappa shape index (κ2) is 11.0. The molecule has 1 heterocycles. The summed E-state index contributed by atoms with van der Waals surface area (Å²) >= 11 is 1.24. The van der Waals surface area contributed by atoms with Gasteiger partial charge >= 0.3 is 0 Å². The lowest BCUT2D eigenvalue weighted by molar-refractivity contribution is -0.118. The monoisotopic (exact) mass is 452 g/mol. The normalized spacial score (nSPS) is 10.9. The Bertz CT molecular complexity index is 1110. The Hall–Kier alpha value is -3.79. The number of hydrazone groups is 1. The Labute approximate surface area is 189 Å². The number of aromatic hydroxyl groups is 2. The van der Waals surface area contributed by atoms with Crippen LogP contribution in [0.4, 0.5) is 5.69 Å². The lowest BCUT2D eigenvalue weighted by Crippen LogP contribution is -2.20. The van der Waals surface area contributed by atoms with Gasteiger partial charge in [-0.2, -0.15) is 5.10 Å². The Morgan fingerprint density at radius 2 is 2.00 bits per heavy atom. The fourth-order valence-corrected chi connectivity index (χ4v) is 3.46. The van der Waals surface area contributed by atoms with Crippen LogP contribution in [0.5, 0.6) is 11.5 Å². The molecule has 1 aromatic heterocycles. The molecule has 0 saturated heterocycles. The van der Waals surface area contributed by atoms with Crippen molar-refractivity contribution in [3.63, 3.8) is 0 Å². The van der Waals surface area contributed by atoms with E-state index >= 15 is 0 Å². The Morgan fingerprint density at radius 3 is 2.72 bits per heavy atom. The highest BCUT2D eigenvalue weighted by Gasteiger charge is 2.13. The summed E-state index contributed by atoms with van der Waals surface area (Å²) in [5.41, 5.74) is 4.93. The zero-order valence-electron chi connectivity index (χ0n) is 17.5. The minimum absolute atomic E-state index is 0.0582. The SMILES string of the molecule is C=CCn1c(CNc2ccc(C)cc2)nnc1SCC(=O)N/N=C\c1ccc(O)cc1O. The van der Waals surface area contributed by atoms with E-state index in [4.69, 9.17) is 0 Å². The molecule has 0 spiro atoms. The van der Waals surface area contributed by atoms with E-state index in [0.29, 0.717) is 23.8 Å². The molecule has 0 aliphatic rings. The third kappa shape index (κ3) is 6.35. The first kappa shape index (κ1) is 22.9. The number of anilines is 1. The Kier molecular flexibility index (Phi) is 7.87. The maximum absolute atomic E-state index is 12.1. The topological polar surface area (TPSA) is 125 Å². The molecule has 0 aliphatic heterocycles. The van der Waals surface area contributed by atoms with Gasteiger partial charge in [0.05, 0.1) is 18.5 Å². The van der Waals surface area contributed by atoms with Crippen molar-refractivity contribution in [1.82, 2.24) is 20.2 Å². The summed E-state index contributed by atoms with van der Waals surface area (Å²) in [5, 5.41) is 35.2. The minimum Gasteiger partial charge on any atom is -0.508 e. The number of thioether (sulfide) groups is 1. The molecule has 1 amide bonds. The van der Waals surface area contributed by atoms with E-state index in [1.807, 2.05) is 35.8 Å². The van der Waals surface area contributed by atoms with Crippen LogP contribution in [0.2, 0.25) is 0 Å². The van der Waals surface area contributed by atoms with Gasteiger partial charge in [-0.25, -0.2) is 5.43 Å². The van der Waals surface area contributed by atoms with Crippen LogP contribution in [0.15, 0.2) is 65.4 Å². The first-order chi connectivity index (χ1) is 15.5. The van der Waals surface area contributed by atoms with Crippen LogP contribution in [-0.2, 0) is 17.9 Å². The first-order valence-electron chi connectivity index (χ1n) is 9.76. The predicted molar refractivity (Wildman–Crippen MR) is 125 cm³/mol. The van der Waals surface area contributed by atoms with E-state index in [0.717, 1.165) is 11.5 Å². The average molecular weight is 453 g/mol. The highest BCUT2D eigenvalue weighted by molar-refractivity contribution is 7.99. The van der Waals surface area contributed by atoms with Crippen molar-refractivity contribution >= 4 is 29.6 Å². The smallest absolute Gasteiger partial charge is 0.250 e. The second-order valence-corrected chi connectivity index (χ2v) is 7.79. The highest BCUT2D eigenvalue weighted by Crippen LogP contribution is 2.21. The zero-order chi connectivity index (χ0) is 22.9. The van der Waals surface area contributed by atoms with Crippen LogP contribution >= 0.6 is 11.8 Å². The van der Waals surface area contributed by atoms with Crippen molar-refractivity contribution in [2.24, 2.45) is 5.10 Å². The fourth-order valence-electron chi connectivity index (χ4n) is 2.70. The van der Waals surface area contributed by atoms with Crippen molar-refractivity contribution in [1.29, 1.82) is 0 Å². The van der Waals surface area contributed by atoms with E-state index in [2.05, 4.69) is 32.6 Å². The summed E-state index contributed by atoms with van der Waals surface area (Å²) in [6, 6.07) is 12.2. The van der Waals surface area contributed by atoms with Gasteiger partial charge in [0, 0.05) is 23.9 Å². The number of aromatic nitrogens is 3. The molecular formula is C22H24N6O3S. The van der Waals surface area contributed by atoms with E-state index < -0.39 is 0 Å². The molecule has 10 heteroatoms. The van der Waals surface area contributed by atoms with Gasteiger partial charge in [0.1, 0.15) is 11.5 Å². The van der Waals surface area contributed by atoms with Crippen molar-refractivity contribution in [3.8, 4) is 11.5 Å². The molecule has 0 atom stereocenters. The molecule has 9 nitrogen and oxygen atoms in total. The van der Waals surface area contributed by atoms with Crippen molar-refractivity contribution in [2.45, 2.75) is 25.2 Å². The van der Waals surface area contributed by atoms with Crippen molar-refractivity contribution < 1.29 is 15.0 Å². The molecule has 0 aliphatic carbocycles. The second-order valence-electron chi connectivity index (χ2n) is 6.84. The Balaban J connectivity index is 1.55. The minimum atomic E-state index is -0.336. The van der Waals surface area contributed by atoms with Gasteiger partial charge in [-0.05, 0) is 31.2 Å². The summed E-state index contributed by atoms with van der Waals surface area (Å²) in [6.45, 7) is 6.81. The number of phenols is 2. The third-order valence-electron chi connectivity index (χ3n) is 4.35. The van der Waals surface area contributed by atoms with Crippen LogP contribution < -0.4 is 10.7 Å². The van der Waals surface area contributed by atoms with Crippen LogP contribution in [0, 0.1) is 6.92 Å². The van der Waals surface area contributed by atoms with E-state index in [9.17, 15) is 15.0 Å². The van der Waals surface area contributed by atoms with Gasteiger partial charge in [-0.3, -0.25) is 4.79 Å². The number of benzene rings is 2. The molecule has 4 N–H and O–H groups in total. The molecule has 3 aromatic rings. The molecule has 3 rings (SSSR count). The molecule has 0 bridgehead atoms. The summed E-state index contributed by atoms with van der Waals surface area (Å²) in [5.74, 6) is 0.282. The lowest BCUT2D eigenvalue weighted by Gasteiger charge is -2.09. The summed E-state index contributed by atoms with van der Waals surface area (Å²) in [6.07, 6.45) is 3.05. The number of nitrogens with zero attached hydrogens (tertiary/aromatic N) is 4. The largest absolute Gasteiger partial charge is 0.508 e. The molecular weight excluding hydrogens is 428 g/mol. The lowest BCUT2D eigenvalue weighted by atomic mass is 10.2. The summed E-state index contributed by atoms with van der Waals surface area (Å²) in [4.78, 5) is 12.1. The van der Waals surface area contributed by atoms with E-state index in [1.165, 1.54) is 41.7 Å². The van der Waals surface area contributed by atoms with Crippen LogP contribution in [0.25, 0.3) is 0 Å². The van der Waals surface area contributed by atoms with Crippen molar-refractivity contribution in [2.75, 3.05) is 11.1 Å². The number of carbonyl (C=O) groups excluding carboxylic acids is 1. The maximum Gasteiger partial charge on any atom is 0.250 e. The molecule has 0 radical (unpaired) electrons. The van der Waals surface area contributed by atoms with Gasteiger partial charge in [0.2, 0.25) is 0 Å². The van der Waals surface area contributed by atoms with Crippen LogP contribution in [-0.4, -0.2) is 42.9 Å². The summed E-state index contributed by atoms with van der Waals surface area (Å²) in [7, 11) is 0. The number of allylic oxidation sites excluding steroid dienone is 1. The number of rotatable bonds is 10. The highest BCUT2D eigenvalue weighted by atomic mass is 32.2. The molecule has 32 heavy (non-hydrogen) atoms. The fraction of sp³-hybridized carbons (Fsp3) is 0.182. The maximum atomic E-state index is 12.1. The van der Waals surface area contributed by atoms with E-state index in [-0.39, 0.29) is 23.2 Å². The number of hydrogen-bond donors (Lipinski definition) is 4. The summed E-state index contributed by atoms with van der Waals surface area (Å²) < 4.78 is 1.89. The standard InChI is InChI=1S/C22H24N6O3S/c1-3-10-28-20(13-23-17-7-4-15(2)5-8-17)25-27-22(28)32-14-21(31)26-24-12-16-6-9-18(29)11-19(16)30/h3-9,11-12,23,29-30H,1,10,13-14H2,2H3,(H,26,31)/b24-12-. The van der Waals surface area contributed by atoms with Crippen LogP contribution in [0.3, 0.4) is 0 Å². The molecule has 2 aromatic carbocycles. The number of hydrogen-bond acceptors (Lipinski definition) is 8. The number of aryl methyl sites for hydroxylation is 1. The molecule has 166 valence electrons. The predicted octanol–water partition coefficient (Wildman–Crippen LogP) is 3.04. The third-order valence-corrected chi connectivity index (χ3v) is 5.31. The number of phenolic OH excluding ortho intramolecular Hbond substituents is 2. The van der Waals surface area contributed by atoms with Gasteiger partial charge in [0.15, 0.2) is 11.0 Å². The number of nitrogens with one attached hydrogen (secondary N) is 2. The quantitative estimate of drug-likeness (QED) is 0.161. The van der Waals surface area contributed by atoms with E-state index in [1.54, 1.807) is 6.08 Å². The zero-order valence-corrected chi connectivity index (χ0v) is 18.3. The average Bonchev–Trinajstić information content (AvgIpc) is 3.15. The van der Waals surface area contributed by atoms with Crippen LogP contribution in [0.1, 0.15) is 17.0 Å². The van der Waals surface area contributed by atoms with Gasteiger partial charge in [0.25, 0.3) is 5.91 Å². The first-order valence-corrected chi connectivity index (χ1v) is 10.7. The number of carbonyl (C=O) groups is 1. The molecule has 0 saturated carbocycles. The van der Waals surface area contributed by atoms with Gasteiger partial charge in [-0.15, -0.1) is 16.8 Å². The van der Waals surface area contributed by atoms with Crippen molar-refractivity contribution in [3.05, 3.63) is 72.1 Å². The molecule has 0 fully saturated rings.